The van der Waals surface area contributed by atoms with E-state index in [-0.39, 0.29) is 11.0 Å². The van der Waals surface area contributed by atoms with Crippen LogP contribution in [0.5, 0.6) is 0 Å². The Hall–Kier alpha value is -2.15. The predicted molar refractivity (Wildman–Crippen MR) is 79.2 cm³/mol. The maximum atomic E-state index is 13.3. The monoisotopic (exact) mass is 366 g/mol. The number of amides is 3. The van der Waals surface area contributed by atoms with Gasteiger partial charge < -0.3 is 9.73 Å². The first-order valence-corrected chi connectivity index (χ1v) is 7.33. The zero-order chi connectivity index (χ0) is 15.9. The number of nitrogens with one attached hydrogen (secondary N) is 1. The zero-order valence-electron chi connectivity index (χ0n) is 11.6. The average molecular weight is 367 g/mol. The van der Waals surface area contributed by atoms with E-state index in [1.165, 1.54) is 18.4 Å². The average Bonchev–Trinajstić information content (AvgIpc) is 3.08. The van der Waals surface area contributed by atoms with Crippen molar-refractivity contribution >= 4 is 27.9 Å². The van der Waals surface area contributed by atoms with Gasteiger partial charge in [-0.2, -0.15) is 0 Å². The van der Waals surface area contributed by atoms with E-state index in [1.54, 1.807) is 25.1 Å². The van der Waals surface area contributed by atoms with Gasteiger partial charge >= 0.3 is 6.03 Å². The van der Waals surface area contributed by atoms with E-state index in [9.17, 15) is 14.0 Å². The van der Waals surface area contributed by atoms with E-state index in [0.29, 0.717) is 11.3 Å². The molecule has 3 rings (SSSR count). The Morgan fingerprint density at radius 2 is 2.14 bits per heavy atom. The third-order valence-electron chi connectivity index (χ3n) is 3.61. The molecule has 22 heavy (non-hydrogen) atoms. The molecule has 1 unspecified atom stereocenters. The van der Waals surface area contributed by atoms with Gasteiger partial charge in [-0.05, 0) is 52.7 Å². The van der Waals surface area contributed by atoms with Crippen LogP contribution in [0.15, 0.2) is 45.5 Å². The topological polar surface area (TPSA) is 62.6 Å². The molecule has 3 amide bonds. The Labute approximate surface area is 134 Å². The van der Waals surface area contributed by atoms with Crippen LogP contribution in [0.25, 0.3) is 0 Å². The minimum atomic E-state index is -1.22. The summed E-state index contributed by atoms with van der Waals surface area (Å²) in [6, 6.07) is 7.13. The van der Waals surface area contributed by atoms with Gasteiger partial charge in [-0.15, -0.1) is 0 Å². The smallest absolute Gasteiger partial charge is 0.325 e. The summed E-state index contributed by atoms with van der Waals surface area (Å²) >= 11 is 3.09. The summed E-state index contributed by atoms with van der Waals surface area (Å²) in [4.78, 5) is 25.8. The van der Waals surface area contributed by atoms with Crippen LogP contribution in [0.3, 0.4) is 0 Å². The summed E-state index contributed by atoms with van der Waals surface area (Å²) in [5.41, 5.74) is -0.585. The Bertz CT molecular complexity index is 747. The third kappa shape index (κ3) is 2.31. The fraction of sp³-hybridized carbons (Fsp3) is 0.200. The van der Waals surface area contributed by atoms with Crippen molar-refractivity contribution in [2.45, 2.75) is 19.0 Å². The van der Waals surface area contributed by atoms with Crippen molar-refractivity contribution in [1.29, 1.82) is 0 Å². The number of imide groups is 1. The molecule has 0 radical (unpaired) electrons. The Balaban J connectivity index is 1.87. The predicted octanol–water partition coefficient (Wildman–Crippen LogP) is 3.15. The molecule has 5 nitrogen and oxygen atoms in total. The molecule has 0 aliphatic carbocycles. The van der Waals surface area contributed by atoms with Crippen LogP contribution >= 0.6 is 15.9 Å². The second-order valence-corrected chi connectivity index (χ2v) is 6.03. The lowest BCUT2D eigenvalue weighted by Gasteiger charge is -2.19. The molecule has 1 aliphatic rings. The Kier molecular flexibility index (Phi) is 3.52. The summed E-state index contributed by atoms with van der Waals surface area (Å²) in [6.07, 6.45) is 1.44. The molecule has 0 bridgehead atoms. The number of benzene rings is 1. The van der Waals surface area contributed by atoms with Crippen molar-refractivity contribution in [2.24, 2.45) is 0 Å². The normalized spacial score (nSPS) is 21.3. The van der Waals surface area contributed by atoms with Gasteiger partial charge in [-0.3, -0.25) is 9.69 Å². The first-order valence-electron chi connectivity index (χ1n) is 6.54. The van der Waals surface area contributed by atoms with Crippen LogP contribution in [0.1, 0.15) is 18.2 Å². The number of nitrogens with zero attached hydrogens (tertiary/aromatic N) is 1. The lowest BCUT2D eigenvalue weighted by atomic mass is 9.99. The summed E-state index contributed by atoms with van der Waals surface area (Å²) in [7, 11) is 0. The number of carbonyl (C=O) groups excluding carboxylic acids is 2. The third-order valence-corrected chi connectivity index (χ3v) is 4.22. The van der Waals surface area contributed by atoms with Gasteiger partial charge in [0.05, 0.1) is 17.3 Å². The number of halogens is 2. The molecular formula is C15H12BrFN2O3. The fourth-order valence-electron chi connectivity index (χ4n) is 2.39. The first kappa shape index (κ1) is 14.8. The highest BCUT2D eigenvalue weighted by atomic mass is 79.9. The molecule has 0 spiro atoms. The highest BCUT2D eigenvalue weighted by molar-refractivity contribution is 9.10. The highest BCUT2D eigenvalue weighted by Gasteiger charge is 2.50. The molecule has 1 N–H and O–H groups in total. The molecule has 0 saturated carbocycles. The van der Waals surface area contributed by atoms with Crippen LogP contribution in [0.2, 0.25) is 0 Å². The number of furan rings is 1. The zero-order valence-corrected chi connectivity index (χ0v) is 13.2. The van der Waals surface area contributed by atoms with Crippen LogP contribution in [-0.4, -0.2) is 16.8 Å². The second kappa shape index (κ2) is 5.24. The van der Waals surface area contributed by atoms with E-state index in [4.69, 9.17) is 4.42 Å². The maximum absolute atomic E-state index is 13.3. The number of hydrogen-bond donors (Lipinski definition) is 1. The summed E-state index contributed by atoms with van der Waals surface area (Å²) in [6.45, 7) is 1.65. The molecule has 7 heteroatoms. The van der Waals surface area contributed by atoms with E-state index in [2.05, 4.69) is 21.2 Å². The van der Waals surface area contributed by atoms with Crippen LogP contribution < -0.4 is 5.32 Å². The van der Waals surface area contributed by atoms with Crippen molar-refractivity contribution in [1.82, 2.24) is 10.2 Å². The van der Waals surface area contributed by atoms with E-state index in [0.717, 1.165) is 4.90 Å². The molecule has 1 saturated heterocycles. The highest BCUT2D eigenvalue weighted by Crippen LogP contribution is 2.30. The van der Waals surface area contributed by atoms with E-state index < -0.39 is 23.3 Å². The van der Waals surface area contributed by atoms with Crippen molar-refractivity contribution < 1.29 is 18.4 Å². The quantitative estimate of drug-likeness (QED) is 0.848. The molecular weight excluding hydrogens is 355 g/mol. The number of hydrogen-bond acceptors (Lipinski definition) is 3. The van der Waals surface area contributed by atoms with Crippen LogP contribution in [-0.2, 0) is 16.9 Å². The SMILES string of the molecule is CC1(c2ccco2)NC(=O)N(Cc2ccc(F)c(Br)c2)C1=O. The first-order chi connectivity index (χ1) is 10.4. The van der Waals surface area contributed by atoms with Gasteiger partial charge in [0.15, 0.2) is 5.54 Å². The molecule has 114 valence electrons. The molecule has 1 atom stereocenters. The molecule has 2 aromatic rings. The van der Waals surface area contributed by atoms with Gasteiger partial charge in [-0.1, -0.05) is 6.07 Å². The van der Waals surface area contributed by atoms with Gasteiger partial charge in [0, 0.05) is 0 Å². The summed E-state index contributed by atoms with van der Waals surface area (Å²) in [5, 5.41) is 2.64. The van der Waals surface area contributed by atoms with Gasteiger partial charge in [0.1, 0.15) is 11.6 Å². The summed E-state index contributed by atoms with van der Waals surface area (Å²) < 4.78 is 18.8. The van der Waals surface area contributed by atoms with Gasteiger partial charge in [-0.25, -0.2) is 9.18 Å². The van der Waals surface area contributed by atoms with E-state index in [1.807, 2.05) is 0 Å². The van der Waals surface area contributed by atoms with Crippen LogP contribution in [0.4, 0.5) is 9.18 Å². The number of carbonyl (C=O) groups is 2. The standard InChI is InChI=1S/C15H12BrFN2O3/c1-15(12-3-2-6-22-12)13(20)19(14(21)18-15)8-9-4-5-11(17)10(16)7-9/h2-7H,8H2,1H3,(H,18,21). The van der Waals surface area contributed by atoms with Crippen molar-refractivity contribution in [3.8, 4) is 0 Å². The fourth-order valence-corrected chi connectivity index (χ4v) is 2.82. The molecule has 2 heterocycles. The lowest BCUT2D eigenvalue weighted by Crippen LogP contribution is -2.40. The Morgan fingerprint density at radius 1 is 1.36 bits per heavy atom. The molecule has 1 aliphatic heterocycles. The maximum Gasteiger partial charge on any atom is 0.325 e. The van der Waals surface area contributed by atoms with Gasteiger partial charge in [0.25, 0.3) is 5.91 Å². The minimum Gasteiger partial charge on any atom is -0.466 e. The minimum absolute atomic E-state index is 0.0554. The second-order valence-electron chi connectivity index (χ2n) is 5.17. The van der Waals surface area contributed by atoms with Crippen LogP contribution in [0, 0.1) is 5.82 Å². The summed E-state index contributed by atoms with van der Waals surface area (Å²) in [5.74, 6) is -0.442. The van der Waals surface area contributed by atoms with Crippen molar-refractivity contribution in [2.75, 3.05) is 0 Å². The Morgan fingerprint density at radius 3 is 2.77 bits per heavy atom. The number of urea groups is 1. The van der Waals surface area contributed by atoms with Crippen molar-refractivity contribution in [3.05, 3.63) is 58.2 Å². The molecule has 1 aromatic heterocycles. The molecule has 1 fully saturated rings. The largest absolute Gasteiger partial charge is 0.466 e. The number of rotatable bonds is 3. The van der Waals surface area contributed by atoms with Crippen molar-refractivity contribution in [3.63, 3.8) is 0 Å². The van der Waals surface area contributed by atoms with Gasteiger partial charge in [0.2, 0.25) is 0 Å². The van der Waals surface area contributed by atoms with E-state index >= 15 is 0 Å². The lowest BCUT2D eigenvalue weighted by molar-refractivity contribution is -0.132. The molecule has 1 aromatic carbocycles.